The van der Waals surface area contributed by atoms with E-state index in [1.807, 2.05) is 4.90 Å². The summed E-state index contributed by atoms with van der Waals surface area (Å²) in [6, 6.07) is 0. The van der Waals surface area contributed by atoms with E-state index in [4.69, 9.17) is 4.74 Å². The van der Waals surface area contributed by atoms with Gasteiger partial charge in [0.15, 0.2) is 5.96 Å². The van der Waals surface area contributed by atoms with Crippen LogP contribution in [0, 0.1) is 0 Å². The molecule has 27 heavy (non-hydrogen) atoms. The van der Waals surface area contributed by atoms with Gasteiger partial charge in [-0.3, -0.25) is 9.79 Å². The molecular weight excluding hydrogens is 485 g/mol. The van der Waals surface area contributed by atoms with E-state index in [-0.39, 0.29) is 41.7 Å². The molecule has 3 saturated heterocycles. The minimum absolute atomic E-state index is 0. The molecule has 0 saturated carbocycles. The van der Waals surface area contributed by atoms with Crippen LogP contribution in [0.25, 0.3) is 0 Å². The maximum absolute atomic E-state index is 12.4. The molecule has 1 unspecified atom stereocenters. The van der Waals surface area contributed by atoms with Gasteiger partial charge in [-0.2, -0.15) is 0 Å². The smallest absolute Gasteiger partial charge is 0.251 e. The summed E-state index contributed by atoms with van der Waals surface area (Å²) in [5, 5.41) is 3.24. The highest BCUT2D eigenvalue weighted by atomic mass is 127. The highest BCUT2D eigenvalue weighted by Gasteiger charge is 2.31. The maximum atomic E-state index is 12.4. The minimum Gasteiger partial charge on any atom is -0.368 e. The molecular formula is C16H30IN5O4S. The van der Waals surface area contributed by atoms with E-state index in [0.717, 1.165) is 18.8 Å². The van der Waals surface area contributed by atoms with Crippen molar-refractivity contribution < 1.29 is 17.9 Å². The van der Waals surface area contributed by atoms with Crippen molar-refractivity contribution in [3.63, 3.8) is 0 Å². The molecule has 1 N–H and O–H groups in total. The molecule has 0 aromatic rings. The zero-order valence-corrected chi connectivity index (χ0v) is 18.9. The van der Waals surface area contributed by atoms with Crippen molar-refractivity contribution in [2.24, 2.45) is 4.99 Å². The van der Waals surface area contributed by atoms with Crippen molar-refractivity contribution in [1.29, 1.82) is 0 Å². The number of carbonyl (C=O) groups is 1. The van der Waals surface area contributed by atoms with Gasteiger partial charge in [0.05, 0.1) is 5.75 Å². The van der Waals surface area contributed by atoms with Crippen LogP contribution in [0.5, 0.6) is 0 Å². The van der Waals surface area contributed by atoms with Gasteiger partial charge in [-0.15, -0.1) is 24.0 Å². The number of halogens is 1. The topological polar surface area (TPSA) is 94.5 Å². The van der Waals surface area contributed by atoms with Gasteiger partial charge in [0, 0.05) is 59.5 Å². The van der Waals surface area contributed by atoms with Crippen LogP contribution in [0.15, 0.2) is 4.99 Å². The van der Waals surface area contributed by atoms with Crippen molar-refractivity contribution in [1.82, 2.24) is 19.4 Å². The summed E-state index contributed by atoms with van der Waals surface area (Å²) in [6.45, 7) is 4.99. The van der Waals surface area contributed by atoms with E-state index < -0.39 is 10.0 Å². The van der Waals surface area contributed by atoms with E-state index in [0.29, 0.717) is 58.8 Å². The fraction of sp³-hybridized carbons (Fsp3) is 0.875. The fourth-order valence-electron chi connectivity index (χ4n) is 3.68. The summed E-state index contributed by atoms with van der Waals surface area (Å²) in [5.41, 5.74) is 0. The third-order valence-electron chi connectivity index (χ3n) is 5.16. The lowest BCUT2D eigenvalue weighted by molar-refractivity contribution is -0.142. The van der Waals surface area contributed by atoms with Gasteiger partial charge in [0.1, 0.15) is 6.10 Å². The lowest BCUT2D eigenvalue weighted by atomic mass is 10.2. The first-order valence-corrected chi connectivity index (χ1v) is 11.0. The van der Waals surface area contributed by atoms with Crippen LogP contribution < -0.4 is 5.32 Å². The van der Waals surface area contributed by atoms with Gasteiger partial charge in [-0.25, -0.2) is 12.7 Å². The highest BCUT2D eigenvalue weighted by molar-refractivity contribution is 14.0. The molecule has 3 fully saturated rings. The normalized spacial score (nSPS) is 26.1. The fourth-order valence-corrected chi connectivity index (χ4v) is 5.21. The zero-order chi connectivity index (χ0) is 18.6. The van der Waals surface area contributed by atoms with Crippen molar-refractivity contribution in [2.75, 3.05) is 65.2 Å². The number of aliphatic imine (C=N–C) groups is 1. The van der Waals surface area contributed by atoms with E-state index in [2.05, 4.69) is 15.2 Å². The van der Waals surface area contributed by atoms with Gasteiger partial charge >= 0.3 is 0 Å². The Kier molecular flexibility index (Phi) is 8.56. The number of nitrogens with zero attached hydrogens (tertiary/aromatic N) is 4. The van der Waals surface area contributed by atoms with Crippen molar-refractivity contribution in [3.8, 4) is 0 Å². The Balaban J connectivity index is 0.00000261. The van der Waals surface area contributed by atoms with Gasteiger partial charge < -0.3 is 19.9 Å². The molecule has 3 heterocycles. The molecule has 0 aromatic carbocycles. The summed E-state index contributed by atoms with van der Waals surface area (Å²) in [5.74, 6) is 1.11. The second-order valence-electron chi connectivity index (χ2n) is 6.86. The number of hydrogen-bond donors (Lipinski definition) is 1. The number of amides is 1. The van der Waals surface area contributed by atoms with Crippen molar-refractivity contribution in [3.05, 3.63) is 0 Å². The summed E-state index contributed by atoms with van der Waals surface area (Å²) in [6.07, 6.45) is 2.22. The Morgan fingerprint density at radius 2 is 1.85 bits per heavy atom. The summed E-state index contributed by atoms with van der Waals surface area (Å²) >= 11 is 0. The Bertz CT molecular complexity index is 631. The molecule has 1 atom stereocenters. The first-order chi connectivity index (χ1) is 12.5. The molecule has 3 aliphatic heterocycles. The number of carbonyl (C=O) groups excluding carboxylic acids is 1. The first kappa shape index (κ1) is 22.6. The van der Waals surface area contributed by atoms with Crippen LogP contribution in [0.4, 0.5) is 0 Å². The Labute approximate surface area is 178 Å². The van der Waals surface area contributed by atoms with Crippen molar-refractivity contribution >= 4 is 45.9 Å². The largest absolute Gasteiger partial charge is 0.368 e. The van der Waals surface area contributed by atoms with Crippen LogP contribution in [-0.4, -0.2) is 106 Å². The Morgan fingerprint density at radius 1 is 1.15 bits per heavy atom. The summed E-state index contributed by atoms with van der Waals surface area (Å²) < 4.78 is 30.7. The maximum Gasteiger partial charge on any atom is 0.251 e. The lowest BCUT2D eigenvalue weighted by Crippen LogP contribution is -2.55. The van der Waals surface area contributed by atoms with E-state index in [1.165, 1.54) is 4.31 Å². The molecule has 0 bridgehead atoms. The second kappa shape index (κ2) is 10.2. The third kappa shape index (κ3) is 5.67. The average Bonchev–Trinajstić information content (AvgIpc) is 3.28. The number of ether oxygens (including phenoxy) is 1. The molecule has 3 rings (SSSR count). The molecule has 0 aliphatic carbocycles. The van der Waals surface area contributed by atoms with Gasteiger partial charge in [0.2, 0.25) is 10.0 Å². The summed E-state index contributed by atoms with van der Waals surface area (Å²) in [4.78, 5) is 20.7. The molecule has 11 heteroatoms. The molecule has 0 spiro atoms. The summed E-state index contributed by atoms with van der Waals surface area (Å²) in [7, 11) is -1.34. The van der Waals surface area contributed by atoms with Crippen LogP contribution in [-0.2, 0) is 19.6 Å². The second-order valence-corrected chi connectivity index (χ2v) is 8.95. The van der Waals surface area contributed by atoms with Crippen molar-refractivity contribution in [2.45, 2.75) is 25.4 Å². The Morgan fingerprint density at radius 3 is 2.41 bits per heavy atom. The molecule has 0 aromatic heterocycles. The van der Waals surface area contributed by atoms with Crippen LogP contribution in [0.1, 0.15) is 19.3 Å². The molecule has 156 valence electrons. The standard InChI is InChI=1S/C16H29N5O4S.HI/c1-17-16(18-5-7-21-6-3-13-26(21,23)24)20-10-8-19(9-11-20)15(22)14-4-2-12-25-14;/h14H,2-13H2,1H3,(H,17,18);1H. The zero-order valence-electron chi connectivity index (χ0n) is 15.8. The monoisotopic (exact) mass is 515 g/mol. The van der Waals surface area contributed by atoms with Gasteiger partial charge in [0.25, 0.3) is 5.91 Å². The SMILES string of the molecule is CN=C(NCCN1CCCS1(=O)=O)N1CCN(C(=O)C2CCCO2)CC1.I. The number of hydrogen-bond acceptors (Lipinski definition) is 5. The van der Waals surface area contributed by atoms with E-state index in [1.54, 1.807) is 7.05 Å². The van der Waals surface area contributed by atoms with Crippen LogP contribution in [0.2, 0.25) is 0 Å². The van der Waals surface area contributed by atoms with E-state index in [9.17, 15) is 13.2 Å². The quantitative estimate of drug-likeness (QED) is 0.310. The number of sulfonamides is 1. The Hall–Kier alpha value is -0.660. The number of rotatable bonds is 4. The van der Waals surface area contributed by atoms with Crippen LogP contribution >= 0.6 is 24.0 Å². The predicted octanol–water partition coefficient (Wildman–Crippen LogP) is -0.461. The highest BCUT2D eigenvalue weighted by Crippen LogP contribution is 2.16. The lowest BCUT2D eigenvalue weighted by Gasteiger charge is -2.37. The molecule has 0 radical (unpaired) electrons. The number of nitrogens with one attached hydrogen (secondary N) is 1. The van der Waals surface area contributed by atoms with Crippen LogP contribution in [0.3, 0.4) is 0 Å². The third-order valence-corrected chi connectivity index (χ3v) is 7.11. The molecule has 3 aliphatic rings. The first-order valence-electron chi connectivity index (χ1n) is 9.35. The van der Waals surface area contributed by atoms with Gasteiger partial charge in [-0.05, 0) is 19.3 Å². The molecule has 9 nitrogen and oxygen atoms in total. The number of guanidine groups is 1. The number of piperazine rings is 1. The van der Waals surface area contributed by atoms with E-state index >= 15 is 0 Å². The predicted molar refractivity (Wildman–Crippen MR) is 114 cm³/mol. The molecule has 1 amide bonds. The average molecular weight is 515 g/mol. The minimum atomic E-state index is -3.06. The van der Waals surface area contributed by atoms with Gasteiger partial charge in [-0.1, -0.05) is 0 Å².